The van der Waals surface area contributed by atoms with Crippen LogP contribution in [0.4, 0.5) is 0 Å². The Hall–Kier alpha value is -0.260. The van der Waals surface area contributed by atoms with Gasteiger partial charge in [0.1, 0.15) is 0 Å². The summed E-state index contributed by atoms with van der Waals surface area (Å²) in [5, 5.41) is 0. The third-order valence-electron chi connectivity index (χ3n) is 5.47. The fourth-order valence-corrected chi connectivity index (χ4v) is 4.19. The minimum atomic E-state index is 0.568. The lowest BCUT2D eigenvalue weighted by Gasteiger charge is -2.59. The lowest BCUT2D eigenvalue weighted by Crippen LogP contribution is -2.52. The molecule has 0 heterocycles. The van der Waals surface area contributed by atoms with Crippen LogP contribution in [-0.4, -0.2) is 0 Å². The molecule has 2 bridgehead atoms. The van der Waals surface area contributed by atoms with Gasteiger partial charge in [-0.2, -0.15) is 0 Å². The van der Waals surface area contributed by atoms with Gasteiger partial charge in [0.25, 0.3) is 0 Å². The lowest BCUT2D eigenvalue weighted by molar-refractivity contribution is -0.105. The first kappa shape index (κ1) is 7.17. The first-order valence-corrected chi connectivity index (χ1v) is 5.18. The van der Waals surface area contributed by atoms with Crippen molar-refractivity contribution in [2.75, 3.05) is 0 Å². The number of rotatable bonds is 0. The van der Waals surface area contributed by atoms with Crippen LogP contribution in [-0.2, 0) is 0 Å². The summed E-state index contributed by atoms with van der Waals surface area (Å²) in [5.74, 6) is 2.88. The third-order valence-corrected chi connectivity index (χ3v) is 5.47. The molecule has 4 rings (SSSR count). The van der Waals surface area contributed by atoms with Crippen molar-refractivity contribution in [3.05, 3.63) is 12.2 Å². The van der Waals surface area contributed by atoms with E-state index in [0.717, 1.165) is 17.8 Å². The van der Waals surface area contributed by atoms with E-state index >= 15 is 0 Å². The summed E-state index contributed by atoms with van der Waals surface area (Å²) >= 11 is 0. The van der Waals surface area contributed by atoms with Crippen molar-refractivity contribution in [1.82, 2.24) is 0 Å². The number of allylic oxidation sites excluding steroid dienone is 1. The van der Waals surface area contributed by atoms with E-state index in [2.05, 4.69) is 27.4 Å². The molecule has 0 aromatic carbocycles. The Morgan fingerprint density at radius 3 is 2.33 bits per heavy atom. The van der Waals surface area contributed by atoms with Crippen LogP contribution in [0.3, 0.4) is 0 Å². The van der Waals surface area contributed by atoms with Gasteiger partial charge in [-0.15, -0.1) is 0 Å². The van der Waals surface area contributed by atoms with Crippen LogP contribution in [0.2, 0.25) is 0 Å². The monoisotopic (exact) mass is 162 g/mol. The molecule has 4 atom stereocenters. The maximum Gasteiger partial charge on any atom is -0.00169 e. The minimum absolute atomic E-state index is 0.568. The highest BCUT2D eigenvalue weighted by atomic mass is 14.8. The maximum absolute atomic E-state index is 4.23. The Morgan fingerprint density at radius 1 is 1.25 bits per heavy atom. The molecular weight excluding hydrogens is 144 g/mol. The molecule has 4 saturated carbocycles. The summed E-state index contributed by atoms with van der Waals surface area (Å²) in [6, 6.07) is 0. The molecule has 4 unspecified atom stereocenters. The molecule has 0 amide bonds. The average Bonchev–Trinajstić information content (AvgIpc) is 2.54. The van der Waals surface area contributed by atoms with E-state index in [4.69, 9.17) is 0 Å². The SMILES string of the molecule is C=C1C2CC3CC(C3(C)C)C12C. The number of hydrogen-bond donors (Lipinski definition) is 0. The van der Waals surface area contributed by atoms with E-state index in [1.54, 1.807) is 5.57 Å². The van der Waals surface area contributed by atoms with E-state index in [1.165, 1.54) is 12.8 Å². The van der Waals surface area contributed by atoms with Crippen molar-refractivity contribution in [3.63, 3.8) is 0 Å². The van der Waals surface area contributed by atoms with Gasteiger partial charge in [-0.05, 0) is 41.4 Å². The first-order valence-electron chi connectivity index (χ1n) is 5.18. The van der Waals surface area contributed by atoms with Crippen molar-refractivity contribution in [1.29, 1.82) is 0 Å². The molecule has 0 nitrogen and oxygen atoms in total. The van der Waals surface area contributed by atoms with Crippen molar-refractivity contribution in [2.45, 2.75) is 33.6 Å². The molecule has 4 aliphatic rings. The van der Waals surface area contributed by atoms with Crippen molar-refractivity contribution in [2.24, 2.45) is 28.6 Å². The van der Waals surface area contributed by atoms with Crippen molar-refractivity contribution < 1.29 is 0 Å². The second-order valence-electron chi connectivity index (χ2n) is 5.90. The highest BCUT2D eigenvalue weighted by molar-refractivity contribution is 5.41. The summed E-state index contributed by atoms with van der Waals surface area (Å²) in [6.45, 7) is 11.6. The second kappa shape index (κ2) is 1.54. The van der Waals surface area contributed by atoms with Crippen LogP contribution >= 0.6 is 0 Å². The van der Waals surface area contributed by atoms with Gasteiger partial charge in [0.05, 0.1) is 0 Å². The Kier molecular flexibility index (Phi) is 0.919. The molecule has 66 valence electrons. The Bertz CT molecular complexity index is 274. The van der Waals surface area contributed by atoms with Crippen LogP contribution in [0.1, 0.15) is 33.6 Å². The molecule has 12 heavy (non-hydrogen) atoms. The molecule has 0 aromatic heterocycles. The normalized spacial score (nSPS) is 58.9. The Balaban J connectivity index is 2.03. The van der Waals surface area contributed by atoms with Crippen LogP contribution in [0.5, 0.6) is 0 Å². The minimum Gasteiger partial charge on any atom is -0.0990 e. The number of hydrogen-bond acceptors (Lipinski definition) is 0. The molecule has 4 fully saturated rings. The molecule has 4 aliphatic carbocycles. The van der Waals surface area contributed by atoms with Gasteiger partial charge in [0.15, 0.2) is 0 Å². The Labute approximate surface area is 75.0 Å². The fraction of sp³-hybridized carbons (Fsp3) is 0.833. The third kappa shape index (κ3) is 0.471. The van der Waals surface area contributed by atoms with Crippen LogP contribution < -0.4 is 0 Å². The first-order chi connectivity index (χ1) is 5.49. The molecule has 0 N–H and O–H groups in total. The van der Waals surface area contributed by atoms with Crippen LogP contribution in [0.15, 0.2) is 12.2 Å². The van der Waals surface area contributed by atoms with Gasteiger partial charge < -0.3 is 0 Å². The van der Waals surface area contributed by atoms with Gasteiger partial charge in [-0.1, -0.05) is 32.9 Å². The smallest absolute Gasteiger partial charge is 0.00169 e. The molecule has 0 aromatic rings. The van der Waals surface area contributed by atoms with Gasteiger partial charge in [0.2, 0.25) is 0 Å². The molecular formula is C12H18. The van der Waals surface area contributed by atoms with E-state index in [-0.39, 0.29) is 0 Å². The second-order valence-corrected chi connectivity index (χ2v) is 5.90. The van der Waals surface area contributed by atoms with E-state index in [9.17, 15) is 0 Å². The average molecular weight is 162 g/mol. The zero-order chi connectivity index (χ0) is 8.72. The quantitative estimate of drug-likeness (QED) is 0.480. The van der Waals surface area contributed by atoms with Crippen LogP contribution in [0, 0.1) is 28.6 Å². The molecule has 0 aliphatic heterocycles. The predicted molar refractivity (Wildman–Crippen MR) is 50.7 cm³/mol. The molecule has 0 spiro atoms. The fourth-order valence-electron chi connectivity index (χ4n) is 4.19. The Morgan fingerprint density at radius 2 is 1.92 bits per heavy atom. The van der Waals surface area contributed by atoms with Gasteiger partial charge in [-0.25, -0.2) is 0 Å². The van der Waals surface area contributed by atoms with E-state index in [1.807, 2.05) is 0 Å². The summed E-state index contributed by atoms with van der Waals surface area (Å²) in [5.41, 5.74) is 2.77. The zero-order valence-corrected chi connectivity index (χ0v) is 8.35. The largest absolute Gasteiger partial charge is 0.0990 e. The topological polar surface area (TPSA) is 0 Å². The van der Waals surface area contributed by atoms with Crippen LogP contribution in [0.25, 0.3) is 0 Å². The summed E-state index contributed by atoms with van der Waals surface area (Å²) in [6.07, 6.45) is 2.93. The summed E-state index contributed by atoms with van der Waals surface area (Å²) in [7, 11) is 0. The van der Waals surface area contributed by atoms with Gasteiger partial charge in [0, 0.05) is 0 Å². The zero-order valence-electron chi connectivity index (χ0n) is 8.35. The predicted octanol–water partition coefficient (Wildman–Crippen LogP) is 3.24. The van der Waals surface area contributed by atoms with Gasteiger partial charge >= 0.3 is 0 Å². The summed E-state index contributed by atoms with van der Waals surface area (Å²) < 4.78 is 0. The highest BCUT2D eigenvalue weighted by Crippen LogP contribution is 2.79. The van der Waals surface area contributed by atoms with Gasteiger partial charge in [-0.3, -0.25) is 0 Å². The highest BCUT2D eigenvalue weighted by Gasteiger charge is 2.72. The maximum atomic E-state index is 4.23. The standard InChI is InChI=1S/C12H18/c1-7-9-5-8-6-10(11(8,2)3)12(7,9)4/h8-10H,1,5-6H2,2-4H3. The molecule has 0 saturated heterocycles. The van der Waals surface area contributed by atoms with E-state index in [0.29, 0.717) is 10.8 Å². The summed E-state index contributed by atoms with van der Waals surface area (Å²) in [4.78, 5) is 0. The van der Waals surface area contributed by atoms with Crippen molar-refractivity contribution in [3.8, 4) is 0 Å². The van der Waals surface area contributed by atoms with Crippen molar-refractivity contribution >= 4 is 0 Å². The lowest BCUT2D eigenvalue weighted by atomic mass is 9.45. The molecule has 0 radical (unpaired) electrons. The molecule has 0 heteroatoms. The van der Waals surface area contributed by atoms with E-state index < -0.39 is 0 Å².